The van der Waals surface area contributed by atoms with E-state index >= 15 is 0 Å². The molecule has 1 unspecified atom stereocenters. The van der Waals surface area contributed by atoms with Gasteiger partial charge in [-0.05, 0) is 69.4 Å². The van der Waals surface area contributed by atoms with Crippen molar-refractivity contribution in [3.8, 4) is 22.9 Å². The molecule has 6 rings (SSSR count). The Balaban J connectivity index is 1.27. The SMILES string of the molecule is COc1ccc2c(OC3C[C@@H](C(N)=O)N(C(=O)[C@@H](NC(=O)OC45CCC(CC4)C5)C(C)(C)C)C3)cc(-c3csc(NC(C)C)n3)nc2c1Cl. The monoisotopic (exact) mass is 712 g/mol. The second-order valence-electron chi connectivity index (χ2n) is 14.9. The molecular weight excluding hydrogens is 668 g/mol. The van der Waals surface area contributed by atoms with Gasteiger partial charge in [0.25, 0.3) is 0 Å². The van der Waals surface area contributed by atoms with Crippen molar-refractivity contribution in [2.24, 2.45) is 17.1 Å². The Labute approximate surface area is 295 Å². The van der Waals surface area contributed by atoms with Crippen LogP contribution in [0.1, 0.15) is 73.1 Å². The first-order chi connectivity index (χ1) is 23.2. The van der Waals surface area contributed by atoms with Gasteiger partial charge in [-0.2, -0.15) is 0 Å². The zero-order valence-electron chi connectivity index (χ0n) is 28.8. The number of nitrogens with zero attached hydrogens (tertiary/aromatic N) is 3. The van der Waals surface area contributed by atoms with E-state index in [1.54, 1.807) is 12.1 Å². The number of primary amides is 1. The molecule has 264 valence electrons. The molecule has 12 nitrogen and oxygen atoms in total. The number of methoxy groups -OCH3 is 1. The number of carbonyl (C=O) groups excluding carboxylic acids is 3. The first kappa shape index (κ1) is 35.0. The fraction of sp³-hybridized carbons (Fsp3) is 0.571. The number of nitrogens with two attached hydrogens (primary N) is 1. The maximum atomic E-state index is 14.2. The number of pyridine rings is 1. The van der Waals surface area contributed by atoms with Gasteiger partial charge in [0.1, 0.15) is 46.0 Å². The van der Waals surface area contributed by atoms with E-state index in [2.05, 4.69) is 10.6 Å². The summed E-state index contributed by atoms with van der Waals surface area (Å²) in [7, 11) is 1.53. The van der Waals surface area contributed by atoms with Crippen molar-refractivity contribution < 1.29 is 28.6 Å². The van der Waals surface area contributed by atoms with Crippen LogP contribution in [0.25, 0.3) is 22.3 Å². The van der Waals surface area contributed by atoms with E-state index in [-0.39, 0.29) is 19.0 Å². The number of thiazole rings is 1. The number of likely N-dealkylation sites (tertiary alicyclic amines) is 1. The number of aromatic nitrogens is 2. The molecule has 4 N–H and O–H groups in total. The molecule has 3 fully saturated rings. The third kappa shape index (κ3) is 7.23. The molecule has 2 bridgehead atoms. The highest BCUT2D eigenvalue weighted by Gasteiger charge is 2.49. The van der Waals surface area contributed by atoms with Crippen LogP contribution in [0.5, 0.6) is 11.5 Å². The van der Waals surface area contributed by atoms with E-state index in [1.165, 1.54) is 23.3 Å². The quantitative estimate of drug-likeness (QED) is 0.224. The molecule has 1 aliphatic heterocycles. The zero-order chi connectivity index (χ0) is 35.2. The highest BCUT2D eigenvalue weighted by molar-refractivity contribution is 7.14. The van der Waals surface area contributed by atoms with Gasteiger partial charge in [-0.25, -0.2) is 14.8 Å². The molecule has 3 aliphatic rings. The summed E-state index contributed by atoms with van der Waals surface area (Å²) in [5.41, 5.74) is 6.35. The molecule has 0 spiro atoms. The van der Waals surface area contributed by atoms with Gasteiger partial charge in [0.15, 0.2) is 5.13 Å². The minimum absolute atomic E-state index is 0.0730. The van der Waals surface area contributed by atoms with Crippen LogP contribution in [0.15, 0.2) is 23.6 Å². The van der Waals surface area contributed by atoms with Crippen LogP contribution in [0.2, 0.25) is 5.02 Å². The third-order valence-corrected chi connectivity index (χ3v) is 10.9. The molecule has 49 heavy (non-hydrogen) atoms. The minimum Gasteiger partial charge on any atom is -0.495 e. The Morgan fingerprint density at radius 3 is 2.47 bits per heavy atom. The summed E-state index contributed by atoms with van der Waals surface area (Å²) < 4.78 is 18.0. The molecule has 0 radical (unpaired) electrons. The Bertz CT molecular complexity index is 1750. The molecule has 3 aromatic rings. The van der Waals surface area contributed by atoms with Crippen molar-refractivity contribution in [3.05, 3.63) is 28.6 Å². The lowest BCUT2D eigenvalue weighted by molar-refractivity contribution is -0.141. The minimum atomic E-state index is -0.964. The Morgan fingerprint density at radius 2 is 1.86 bits per heavy atom. The third-order valence-electron chi connectivity index (χ3n) is 9.77. The lowest BCUT2D eigenvalue weighted by atomic mass is 9.85. The van der Waals surface area contributed by atoms with Crippen LogP contribution in [-0.2, 0) is 14.3 Å². The van der Waals surface area contributed by atoms with E-state index < -0.39 is 47.1 Å². The summed E-state index contributed by atoms with van der Waals surface area (Å²) in [5.74, 6) is 0.429. The standard InChI is InChI=1S/C35H45ClN6O6S/c1-18(2)38-32-40-23(17-49-32)22-14-26(21-7-8-25(46-6)27(36)28(21)39-22)47-20-13-24(30(37)43)42(16-20)31(44)29(34(3,4)5)41-33(45)48-35-11-9-19(15-35)10-12-35/h7-8,14,17-20,24,29H,9-13,15-16H2,1-6H3,(H2,37,43)(H,38,40)(H,41,45)/t19?,20?,24-,29+,35?/m0/s1. The largest absolute Gasteiger partial charge is 0.495 e. The van der Waals surface area contributed by atoms with E-state index in [0.29, 0.717) is 44.7 Å². The van der Waals surface area contributed by atoms with Gasteiger partial charge in [-0.15, -0.1) is 11.3 Å². The predicted molar refractivity (Wildman–Crippen MR) is 189 cm³/mol. The summed E-state index contributed by atoms with van der Waals surface area (Å²) in [6.45, 7) is 9.73. The lowest BCUT2D eigenvalue weighted by Crippen LogP contribution is -2.58. The highest BCUT2D eigenvalue weighted by atomic mass is 35.5. The smallest absolute Gasteiger partial charge is 0.408 e. The second kappa shape index (κ2) is 13.5. The number of anilines is 1. The molecule has 2 saturated carbocycles. The maximum absolute atomic E-state index is 14.2. The normalized spacial score (nSPS) is 23.9. The average molecular weight is 713 g/mol. The van der Waals surface area contributed by atoms with Crippen LogP contribution in [0.4, 0.5) is 9.93 Å². The summed E-state index contributed by atoms with van der Waals surface area (Å²) in [6.07, 6.45) is 3.61. The zero-order valence-corrected chi connectivity index (χ0v) is 30.4. The van der Waals surface area contributed by atoms with Crippen molar-refractivity contribution in [2.75, 3.05) is 19.0 Å². The van der Waals surface area contributed by atoms with E-state index in [0.717, 1.165) is 37.2 Å². The number of carbonyl (C=O) groups is 3. The summed E-state index contributed by atoms with van der Waals surface area (Å²) >= 11 is 8.21. The molecule has 1 aromatic carbocycles. The second-order valence-corrected chi connectivity index (χ2v) is 16.1. The fourth-order valence-electron chi connectivity index (χ4n) is 7.32. The van der Waals surface area contributed by atoms with Crippen LogP contribution >= 0.6 is 22.9 Å². The lowest BCUT2D eigenvalue weighted by Gasteiger charge is -2.36. The van der Waals surface area contributed by atoms with E-state index in [1.807, 2.05) is 46.1 Å². The Kier molecular flexibility index (Phi) is 9.62. The summed E-state index contributed by atoms with van der Waals surface area (Å²) in [4.78, 5) is 51.2. The van der Waals surface area contributed by atoms with Crippen molar-refractivity contribution in [1.29, 1.82) is 0 Å². The molecular formula is C35H45ClN6O6S. The number of hydrogen-bond donors (Lipinski definition) is 3. The van der Waals surface area contributed by atoms with Gasteiger partial charge in [0.05, 0.1) is 24.9 Å². The number of rotatable bonds is 10. The summed E-state index contributed by atoms with van der Waals surface area (Å²) in [5, 5.41) is 9.76. The topological polar surface area (TPSA) is 158 Å². The number of benzene rings is 1. The van der Waals surface area contributed by atoms with Gasteiger partial charge < -0.3 is 35.5 Å². The number of amides is 3. The van der Waals surface area contributed by atoms with Crippen molar-refractivity contribution in [2.45, 2.75) is 103 Å². The van der Waals surface area contributed by atoms with Gasteiger partial charge in [-0.3, -0.25) is 9.59 Å². The number of ether oxygens (including phenoxy) is 3. The van der Waals surface area contributed by atoms with Crippen LogP contribution in [0, 0.1) is 11.3 Å². The van der Waals surface area contributed by atoms with E-state index in [4.69, 9.17) is 41.5 Å². The fourth-order valence-corrected chi connectivity index (χ4v) is 8.45. The maximum Gasteiger partial charge on any atom is 0.408 e. The van der Waals surface area contributed by atoms with Gasteiger partial charge in [0, 0.05) is 29.3 Å². The molecule has 3 atom stereocenters. The van der Waals surface area contributed by atoms with Gasteiger partial charge >= 0.3 is 6.09 Å². The Morgan fingerprint density at radius 1 is 1.12 bits per heavy atom. The molecule has 2 aliphatic carbocycles. The first-order valence-corrected chi connectivity index (χ1v) is 18.1. The van der Waals surface area contributed by atoms with Crippen molar-refractivity contribution >= 4 is 56.9 Å². The van der Waals surface area contributed by atoms with Gasteiger partial charge in [-0.1, -0.05) is 32.4 Å². The molecule has 1 saturated heterocycles. The van der Waals surface area contributed by atoms with Crippen LogP contribution in [0.3, 0.4) is 0 Å². The summed E-state index contributed by atoms with van der Waals surface area (Å²) in [6, 6.07) is 3.63. The molecule has 2 aromatic heterocycles. The molecule has 3 heterocycles. The number of nitrogens with one attached hydrogen (secondary N) is 2. The molecule has 14 heteroatoms. The number of alkyl carbamates (subject to hydrolysis) is 1. The average Bonchev–Trinajstić information content (AvgIpc) is 3.83. The van der Waals surface area contributed by atoms with Crippen LogP contribution in [-0.4, -0.2) is 76.3 Å². The number of fused-ring (bicyclic) bond motifs is 3. The van der Waals surface area contributed by atoms with Crippen LogP contribution < -0.4 is 25.8 Å². The Hall–Kier alpha value is -3.84. The first-order valence-electron chi connectivity index (χ1n) is 16.8. The van der Waals surface area contributed by atoms with E-state index in [9.17, 15) is 14.4 Å². The molecule has 3 amide bonds. The van der Waals surface area contributed by atoms with Crippen molar-refractivity contribution in [3.63, 3.8) is 0 Å². The highest BCUT2D eigenvalue weighted by Crippen LogP contribution is 2.50. The predicted octanol–water partition coefficient (Wildman–Crippen LogP) is 6.15. The number of hydrogen-bond acceptors (Lipinski definition) is 10. The number of halogens is 1. The van der Waals surface area contributed by atoms with Crippen molar-refractivity contribution in [1.82, 2.24) is 20.2 Å². The van der Waals surface area contributed by atoms with Gasteiger partial charge in [0.2, 0.25) is 11.8 Å².